The van der Waals surface area contributed by atoms with Crippen molar-refractivity contribution in [1.82, 2.24) is 10.5 Å². The Morgan fingerprint density at radius 2 is 1.76 bits per heavy atom. The Morgan fingerprint density at radius 3 is 2.18 bits per heavy atom. The molecule has 3 heteroatoms. The summed E-state index contributed by atoms with van der Waals surface area (Å²) in [5, 5.41) is 7.49. The summed E-state index contributed by atoms with van der Waals surface area (Å²) in [4.78, 5) is 0. The van der Waals surface area contributed by atoms with E-state index in [1.807, 2.05) is 6.92 Å². The lowest BCUT2D eigenvalue weighted by Crippen LogP contribution is -2.27. The van der Waals surface area contributed by atoms with Crippen LogP contribution < -0.4 is 5.32 Å². The highest BCUT2D eigenvalue weighted by Crippen LogP contribution is 2.27. The summed E-state index contributed by atoms with van der Waals surface area (Å²) >= 11 is 0. The van der Waals surface area contributed by atoms with E-state index in [1.165, 1.54) is 36.9 Å². The average molecular weight is 238 g/mol. The number of aryl methyl sites for hydroxylation is 1. The van der Waals surface area contributed by atoms with Crippen LogP contribution in [0.3, 0.4) is 0 Å². The number of unbranched alkanes of at least 4 members (excludes halogenated alkanes) is 1. The zero-order chi connectivity index (χ0) is 12.7. The predicted octanol–water partition coefficient (Wildman–Crippen LogP) is 3.56. The molecule has 1 aliphatic heterocycles. The van der Waals surface area contributed by atoms with Crippen molar-refractivity contribution < 1.29 is 4.52 Å². The molecule has 98 valence electrons. The van der Waals surface area contributed by atoms with Gasteiger partial charge in [0.2, 0.25) is 0 Å². The van der Waals surface area contributed by atoms with Crippen LogP contribution in [0.15, 0.2) is 4.52 Å². The van der Waals surface area contributed by atoms with Gasteiger partial charge in [0.05, 0.1) is 5.69 Å². The van der Waals surface area contributed by atoms with Crippen molar-refractivity contribution in [2.24, 2.45) is 0 Å². The Hall–Kier alpha value is -0.830. The van der Waals surface area contributed by atoms with Crippen LogP contribution >= 0.6 is 0 Å². The molecule has 1 fully saturated rings. The van der Waals surface area contributed by atoms with E-state index in [2.05, 4.69) is 31.2 Å². The topological polar surface area (TPSA) is 38.1 Å². The molecular weight excluding hydrogens is 212 g/mol. The molecule has 1 aromatic heterocycles. The summed E-state index contributed by atoms with van der Waals surface area (Å²) in [6, 6.07) is 0. The summed E-state index contributed by atoms with van der Waals surface area (Å²) in [5.74, 6) is 1.58. The average Bonchev–Trinajstić information content (AvgIpc) is 2.71. The summed E-state index contributed by atoms with van der Waals surface area (Å²) < 4.78 is 5.18. The fourth-order valence-corrected chi connectivity index (χ4v) is 1.91. The lowest BCUT2D eigenvalue weighted by Gasteiger charge is -2.20. The minimum atomic E-state index is 0.610. The number of hydrogen-bond donors (Lipinski definition) is 1. The molecule has 0 aliphatic carbocycles. The van der Waals surface area contributed by atoms with Gasteiger partial charge in [-0.05, 0) is 39.8 Å². The highest BCUT2D eigenvalue weighted by molar-refractivity contribution is 5.23. The molecule has 0 bridgehead atoms. The molecule has 0 amide bonds. The van der Waals surface area contributed by atoms with Gasteiger partial charge in [-0.3, -0.25) is 0 Å². The van der Waals surface area contributed by atoms with Gasteiger partial charge in [0.15, 0.2) is 0 Å². The van der Waals surface area contributed by atoms with Gasteiger partial charge in [0.25, 0.3) is 0 Å². The lowest BCUT2D eigenvalue weighted by molar-refractivity contribution is 0.371. The molecule has 3 nitrogen and oxygen atoms in total. The Labute approximate surface area is 105 Å². The third kappa shape index (κ3) is 4.15. The normalized spacial score (nSPS) is 16.5. The molecule has 0 saturated carbocycles. The first-order valence-electron chi connectivity index (χ1n) is 6.84. The molecule has 0 unspecified atom stereocenters. The fourth-order valence-electron chi connectivity index (χ4n) is 1.91. The maximum atomic E-state index is 5.18. The van der Waals surface area contributed by atoms with Crippen molar-refractivity contribution in [2.45, 2.75) is 59.3 Å². The third-order valence-electron chi connectivity index (χ3n) is 3.42. The quantitative estimate of drug-likeness (QED) is 0.856. The zero-order valence-corrected chi connectivity index (χ0v) is 11.7. The van der Waals surface area contributed by atoms with Crippen molar-refractivity contribution in [1.29, 1.82) is 0 Å². The van der Waals surface area contributed by atoms with Gasteiger partial charge in [-0.15, -0.1) is 0 Å². The van der Waals surface area contributed by atoms with E-state index >= 15 is 0 Å². The molecule has 0 spiro atoms. The van der Waals surface area contributed by atoms with E-state index in [4.69, 9.17) is 4.52 Å². The van der Waals surface area contributed by atoms with Gasteiger partial charge in [0.1, 0.15) is 5.76 Å². The Balaban J connectivity index is 0.000000317. The second kappa shape index (κ2) is 7.49. The number of hydrogen-bond acceptors (Lipinski definition) is 3. The molecule has 0 radical (unpaired) electrons. The van der Waals surface area contributed by atoms with Crippen LogP contribution in [-0.4, -0.2) is 18.2 Å². The van der Waals surface area contributed by atoms with Crippen molar-refractivity contribution in [3.05, 3.63) is 17.0 Å². The van der Waals surface area contributed by atoms with Gasteiger partial charge >= 0.3 is 0 Å². The van der Waals surface area contributed by atoms with Crippen LogP contribution in [0.1, 0.15) is 62.5 Å². The zero-order valence-electron chi connectivity index (χ0n) is 11.7. The standard InChI is InChI=1S/C10H16N2O.C4H10/c1-7-8(2)13-12-10(7)9-3-5-11-6-4-9;1-3-4-2/h9,11H,3-6H2,1-2H3;3-4H2,1-2H3. The van der Waals surface area contributed by atoms with E-state index in [9.17, 15) is 0 Å². The molecule has 1 N–H and O–H groups in total. The molecule has 1 saturated heterocycles. The monoisotopic (exact) mass is 238 g/mol. The summed E-state index contributed by atoms with van der Waals surface area (Å²) in [6.07, 6.45) is 5.01. The van der Waals surface area contributed by atoms with Crippen LogP contribution in [0.5, 0.6) is 0 Å². The first-order chi connectivity index (χ1) is 8.20. The second-order valence-electron chi connectivity index (χ2n) is 4.77. The highest BCUT2D eigenvalue weighted by atomic mass is 16.5. The molecule has 17 heavy (non-hydrogen) atoms. The van der Waals surface area contributed by atoms with Crippen LogP contribution in [0.25, 0.3) is 0 Å². The number of nitrogens with zero attached hydrogens (tertiary/aromatic N) is 1. The summed E-state index contributed by atoms with van der Waals surface area (Å²) in [5.41, 5.74) is 2.42. The fraction of sp³-hybridized carbons (Fsp3) is 0.786. The molecule has 2 heterocycles. The number of rotatable bonds is 2. The van der Waals surface area contributed by atoms with E-state index in [1.54, 1.807) is 0 Å². The van der Waals surface area contributed by atoms with Crippen LogP contribution in [-0.2, 0) is 0 Å². The number of nitrogens with one attached hydrogen (secondary N) is 1. The number of piperidine rings is 1. The third-order valence-corrected chi connectivity index (χ3v) is 3.42. The minimum absolute atomic E-state index is 0.610. The van der Waals surface area contributed by atoms with E-state index < -0.39 is 0 Å². The highest BCUT2D eigenvalue weighted by Gasteiger charge is 2.21. The van der Waals surface area contributed by atoms with Crippen LogP contribution in [0.4, 0.5) is 0 Å². The molecule has 0 atom stereocenters. The van der Waals surface area contributed by atoms with Crippen molar-refractivity contribution in [3.8, 4) is 0 Å². The minimum Gasteiger partial charge on any atom is -0.361 e. The molecule has 0 aromatic carbocycles. The predicted molar refractivity (Wildman–Crippen MR) is 71.4 cm³/mol. The van der Waals surface area contributed by atoms with Gasteiger partial charge in [-0.25, -0.2) is 0 Å². The molecule has 1 aromatic rings. The summed E-state index contributed by atoms with van der Waals surface area (Å²) in [6.45, 7) is 10.7. The maximum absolute atomic E-state index is 5.18. The smallest absolute Gasteiger partial charge is 0.136 e. The van der Waals surface area contributed by atoms with Crippen molar-refractivity contribution >= 4 is 0 Å². The summed E-state index contributed by atoms with van der Waals surface area (Å²) in [7, 11) is 0. The first kappa shape index (κ1) is 14.2. The lowest BCUT2D eigenvalue weighted by atomic mass is 9.92. The van der Waals surface area contributed by atoms with Gasteiger partial charge in [0, 0.05) is 11.5 Å². The second-order valence-corrected chi connectivity index (χ2v) is 4.77. The largest absolute Gasteiger partial charge is 0.361 e. The number of aromatic nitrogens is 1. The van der Waals surface area contributed by atoms with Gasteiger partial charge in [-0.1, -0.05) is 31.8 Å². The van der Waals surface area contributed by atoms with Crippen LogP contribution in [0.2, 0.25) is 0 Å². The van der Waals surface area contributed by atoms with Gasteiger partial charge in [-0.2, -0.15) is 0 Å². The van der Waals surface area contributed by atoms with Crippen molar-refractivity contribution in [3.63, 3.8) is 0 Å². The SMILES string of the molecule is CCCC.Cc1onc(C2CCNCC2)c1C. The van der Waals surface area contributed by atoms with E-state index in [-0.39, 0.29) is 0 Å². The van der Waals surface area contributed by atoms with Crippen LogP contribution in [0, 0.1) is 13.8 Å². The van der Waals surface area contributed by atoms with E-state index in [0.29, 0.717) is 5.92 Å². The Morgan fingerprint density at radius 1 is 1.18 bits per heavy atom. The molecule has 2 rings (SSSR count). The Kier molecular flexibility index (Phi) is 6.27. The van der Waals surface area contributed by atoms with Gasteiger partial charge < -0.3 is 9.84 Å². The van der Waals surface area contributed by atoms with Crippen molar-refractivity contribution in [2.75, 3.05) is 13.1 Å². The maximum Gasteiger partial charge on any atom is 0.136 e. The first-order valence-corrected chi connectivity index (χ1v) is 6.84. The Bertz CT molecular complexity index is 312. The molecular formula is C14H26N2O. The molecule has 1 aliphatic rings. The van der Waals surface area contributed by atoms with E-state index in [0.717, 1.165) is 18.8 Å².